The number of carbonyl (C=O) groups is 1. The van der Waals surface area contributed by atoms with Gasteiger partial charge in [-0.15, -0.1) is 6.58 Å². The molecular weight excluding hydrogens is 547 g/mol. The van der Waals surface area contributed by atoms with Crippen LogP contribution >= 0.6 is 22.6 Å². The van der Waals surface area contributed by atoms with Crippen LogP contribution in [0.4, 0.5) is 30.8 Å². The van der Waals surface area contributed by atoms with Crippen LogP contribution < -0.4 is 15.2 Å². The molecule has 1 amide bonds. The lowest BCUT2D eigenvalue weighted by atomic mass is 10.2. The van der Waals surface area contributed by atoms with Gasteiger partial charge in [0.15, 0.2) is 11.6 Å². The Kier molecular flexibility index (Phi) is 6.15. The zero-order chi connectivity index (χ0) is 23.1. The summed E-state index contributed by atoms with van der Waals surface area (Å²) >= 11 is 1.83. The van der Waals surface area contributed by atoms with Gasteiger partial charge in [-0.05, 0) is 60.1 Å². The number of hydrogen-bond donors (Lipinski definition) is 2. The minimum Gasteiger partial charge on any atom is -0.464 e. The topological polar surface area (TPSA) is 109 Å². The van der Waals surface area contributed by atoms with Crippen LogP contribution in [0.2, 0.25) is 0 Å². The molecule has 1 saturated carbocycles. The molecule has 3 rings (SSSR count). The van der Waals surface area contributed by atoms with Crippen molar-refractivity contribution in [1.29, 1.82) is 0 Å². The molecule has 2 N–H and O–H groups in total. The molecule has 0 spiro atoms. The van der Waals surface area contributed by atoms with Gasteiger partial charge in [-0.2, -0.15) is 0 Å². The van der Waals surface area contributed by atoms with E-state index in [0.717, 1.165) is 19.2 Å². The van der Waals surface area contributed by atoms with Gasteiger partial charge < -0.3 is 5.11 Å². The number of hydrogen-bond acceptors (Lipinski definition) is 4. The maximum absolute atomic E-state index is 14.6. The summed E-state index contributed by atoms with van der Waals surface area (Å²) in [6, 6.07) is 4.27. The maximum Gasteiger partial charge on any atom is 0.417 e. The number of nitrogens with zero attached hydrogens (tertiary/aromatic N) is 2. The fourth-order valence-electron chi connectivity index (χ4n) is 3.24. The minimum atomic E-state index is -4.11. The predicted molar refractivity (Wildman–Crippen MR) is 120 cm³/mol. The van der Waals surface area contributed by atoms with Crippen LogP contribution in [0, 0.1) is 15.2 Å². The summed E-state index contributed by atoms with van der Waals surface area (Å²) in [6.07, 6.45) is 0.562. The molecular formula is C19H18F2IN3O5S. The lowest BCUT2D eigenvalue weighted by molar-refractivity contribution is 0.204. The molecule has 0 unspecified atom stereocenters. The van der Waals surface area contributed by atoms with E-state index in [9.17, 15) is 31.9 Å². The summed E-state index contributed by atoms with van der Waals surface area (Å²) in [5.41, 5.74) is -2.17. The Labute approximate surface area is 190 Å². The second-order valence-electron chi connectivity index (χ2n) is 7.09. The van der Waals surface area contributed by atoms with Gasteiger partial charge >= 0.3 is 6.09 Å². The van der Waals surface area contributed by atoms with Gasteiger partial charge in [-0.1, -0.05) is 6.08 Å². The van der Waals surface area contributed by atoms with Crippen molar-refractivity contribution in [2.45, 2.75) is 24.0 Å². The summed E-state index contributed by atoms with van der Waals surface area (Å²) < 4.78 is 56.9. The van der Waals surface area contributed by atoms with Crippen molar-refractivity contribution in [2.24, 2.45) is 7.05 Å². The number of aromatic nitrogens is 1. The van der Waals surface area contributed by atoms with Gasteiger partial charge in [0.2, 0.25) is 10.0 Å². The van der Waals surface area contributed by atoms with Crippen molar-refractivity contribution in [3.05, 3.63) is 62.5 Å². The van der Waals surface area contributed by atoms with E-state index in [4.69, 9.17) is 0 Å². The molecule has 12 heteroatoms. The van der Waals surface area contributed by atoms with Gasteiger partial charge in [0.1, 0.15) is 5.82 Å². The van der Waals surface area contributed by atoms with Crippen molar-refractivity contribution in [3.8, 4) is 0 Å². The number of rotatable bonds is 7. The fraction of sp³-hybridized carbons (Fsp3) is 0.263. The molecule has 1 heterocycles. The second-order valence-corrected chi connectivity index (χ2v) is 10.4. The van der Waals surface area contributed by atoms with Crippen molar-refractivity contribution >= 4 is 55.9 Å². The monoisotopic (exact) mass is 565 g/mol. The Morgan fingerprint density at radius 2 is 2.00 bits per heavy atom. The molecule has 166 valence electrons. The molecule has 0 bridgehead atoms. The van der Waals surface area contributed by atoms with E-state index in [0.29, 0.717) is 31.9 Å². The third kappa shape index (κ3) is 4.18. The second kappa shape index (κ2) is 8.22. The normalized spacial score (nSPS) is 14.7. The molecule has 8 nitrogen and oxygen atoms in total. The summed E-state index contributed by atoms with van der Waals surface area (Å²) in [5, 5.41) is 9.80. The molecule has 2 aromatic rings. The summed E-state index contributed by atoms with van der Waals surface area (Å²) in [7, 11) is -3.04. The molecule has 0 radical (unpaired) electrons. The van der Waals surface area contributed by atoms with Crippen LogP contribution in [-0.4, -0.2) is 28.9 Å². The standard InChI is InChI=1S/C19H18F2IN3O5S/c1-3-6-19(7-8-19)31(29,30)23-14-10-13(21)17(26)24(2)16(14)25(18(27)28)15-5-4-11(22)9-12(15)20/h3-5,9-10,23H,1,6-8H2,2H3,(H,27,28). The van der Waals surface area contributed by atoms with E-state index < -0.39 is 55.2 Å². The average Bonchev–Trinajstić information content (AvgIpc) is 3.45. The number of allylic oxidation sites excluding steroid dienone is 1. The quantitative estimate of drug-likeness (QED) is 0.391. The third-order valence-corrected chi connectivity index (χ3v) is 7.91. The molecule has 0 aliphatic heterocycles. The highest BCUT2D eigenvalue weighted by Crippen LogP contribution is 2.48. The van der Waals surface area contributed by atoms with Crippen molar-refractivity contribution in [3.63, 3.8) is 0 Å². The number of halogens is 3. The van der Waals surface area contributed by atoms with Gasteiger partial charge in [0.05, 0.1) is 16.1 Å². The Balaban J connectivity index is 2.24. The number of carboxylic acid groups (broad SMARTS) is 1. The highest BCUT2D eigenvalue weighted by molar-refractivity contribution is 14.1. The van der Waals surface area contributed by atoms with Gasteiger partial charge in [-0.3, -0.25) is 14.1 Å². The van der Waals surface area contributed by atoms with E-state index in [1.54, 1.807) is 0 Å². The van der Waals surface area contributed by atoms with Crippen LogP contribution in [-0.2, 0) is 17.1 Å². The Bertz CT molecular complexity index is 1240. The number of benzene rings is 1. The molecule has 1 aliphatic carbocycles. The largest absolute Gasteiger partial charge is 0.464 e. The van der Waals surface area contributed by atoms with Gasteiger partial charge in [-0.25, -0.2) is 26.9 Å². The Hall–Kier alpha value is -2.48. The molecule has 0 atom stereocenters. The average molecular weight is 565 g/mol. The van der Waals surface area contributed by atoms with Gasteiger partial charge in [0, 0.05) is 16.7 Å². The summed E-state index contributed by atoms with van der Waals surface area (Å²) in [6.45, 7) is 3.55. The van der Waals surface area contributed by atoms with E-state index in [1.807, 2.05) is 22.6 Å². The Morgan fingerprint density at radius 3 is 2.52 bits per heavy atom. The van der Waals surface area contributed by atoms with E-state index in [-0.39, 0.29) is 6.42 Å². The lowest BCUT2D eigenvalue weighted by Gasteiger charge is -2.26. The van der Waals surface area contributed by atoms with Crippen LogP contribution in [0.25, 0.3) is 0 Å². The fourth-order valence-corrected chi connectivity index (χ4v) is 5.33. The predicted octanol–water partition coefficient (Wildman–Crippen LogP) is 3.93. The Morgan fingerprint density at radius 1 is 1.35 bits per heavy atom. The number of anilines is 3. The first-order valence-electron chi connectivity index (χ1n) is 8.95. The van der Waals surface area contributed by atoms with Crippen molar-refractivity contribution < 1.29 is 27.1 Å². The lowest BCUT2D eigenvalue weighted by Crippen LogP contribution is -2.36. The third-order valence-electron chi connectivity index (χ3n) is 5.03. The number of amides is 1. The molecule has 1 fully saturated rings. The van der Waals surface area contributed by atoms with Crippen LogP contribution in [0.5, 0.6) is 0 Å². The van der Waals surface area contributed by atoms with Crippen LogP contribution in [0.3, 0.4) is 0 Å². The molecule has 31 heavy (non-hydrogen) atoms. The smallest absolute Gasteiger partial charge is 0.417 e. The summed E-state index contributed by atoms with van der Waals surface area (Å²) in [5.74, 6) is -2.77. The number of pyridine rings is 1. The highest BCUT2D eigenvalue weighted by Gasteiger charge is 2.54. The number of nitrogens with one attached hydrogen (secondary N) is 1. The highest BCUT2D eigenvalue weighted by atomic mass is 127. The zero-order valence-corrected chi connectivity index (χ0v) is 19.2. The molecule has 0 saturated heterocycles. The van der Waals surface area contributed by atoms with Crippen molar-refractivity contribution in [2.75, 3.05) is 9.62 Å². The van der Waals surface area contributed by atoms with Crippen molar-refractivity contribution in [1.82, 2.24) is 4.57 Å². The SMILES string of the molecule is C=CCC1(S(=O)(=O)Nc2cc(F)c(=O)n(C)c2N(C(=O)O)c2ccc(I)cc2F)CC1. The molecule has 1 aliphatic rings. The minimum absolute atomic E-state index is 0.139. The summed E-state index contributed by atoms with van der Waals surface area (Å²) in [4.78, 5) is 24.7. The van der Waals surface area contributed by atoms with Crippen LogP contribution in [0.1, 0.15) is 19.3 Å². The zero-order valence-electron chi connectivity index (χ0n) is 16.2. The number of sulfonamides is 1. The first-order valence-corrected chi connectivity index (χ1v) is 11.5. The molecule has 1 aromatic heterocycles. The first-order chi connectivity index (χ1) is 14.4. The van der Waals surface area contributed by atoms with E-state index in [1.165, 1.54) is 12.1 Å². The molecule has 1 aromatic carbocycles. The maximum atomic E-state index is 14.6. The van der Waals surface area contributed by atoms with E-state index >= 15 is 0 Å². The van der Waals surface area contributed by atoms with Crippen LogP contribution in [0.15, 0.2) is 41.7 Å². The first kappa shape index (κ1) is 23.2. The van der Waals surface area contributed by atoms with E-state index in [2.05, 4.69) is 11.3 Å². The van der Waals surface area contributed by atoms with Gasteiger partial charge in [0.25, 0.3) is 5.56 Å².